The Morgan fingerprint density at radius 1 is 1.35 bits per heavy atom. The predicted octanol–water partition coefficient (Wildman–Crippen LogP) is 1.88. The molecule has 0 unspecified atom stereocenters. The highest BCUT2D eigenvalue weighted by molar-refractivity contribution is 5.26. The molecule has 92 valence electrons. The molecule has 0 aliphatic carbocycles. The molecule has 0 aliphatic heterocycles. The molecule has 17 heavy (non-hydrogen) atoms. The van der Waals surface area contributed by atoms with Crippen LogP contribution >= 0.6 is 0 Å². The number of anilines is 1. The van der Waals surface area contributed by atoms with Gasteiger partial charge in [-0.15, -0.1) is 0 Å². The van der Waals surface area contributed by atoms with Crippen molar-refractivity contribution in [3.63, 3.8) is 0 Å². The average Bonchev–Trinajstić information content (AvgIpc) is 2.90. The van der Waals surface area contributed by atoms with Crippen molar-refractivity contribution in [1.29, 1.82) is 0 Å². The van der Waals surface area contributed by atoms with E-state index in [1.807, 2.05) is 36.4 Å². The van der Waals surface area contributed by atoms with E-state index in [2.05, 4.69) is 26.9 Å². The van der Waals surface area contributed by atoms with Crippen molar-refractivity contribution in [2.75, 3.05) is 11.9 Å². The van der Waals surface area contributed by atoms with Crippen LogP contribution in [-0.2, 0) is 13.6 Å². The van der Waals surface area contributed by atoms with Crippen LogP contribution in [0.4, 0.5) is 5.95 Å². The standard InChI is InChI=1S/C12H19N5/c1-3-4-6-13-12-14-7-9-17(12)10-11-5-8-16(2)15-11/h5,7-9H,3-4,6,10H2,1-2H3,(H,13,14). The number of nitrogens with one attached hydrogen (secondary N) is 1. The Balaban J connectivity index is 1.98. The number of aromatic nitrogens is 4. The van der Waals surface area contributed by atoms with E-state index in [1.165, 1.54) is 6.42 Å². The van der Waals surface area contributed by atoms with E-state index in [9.17, 15) is 0 Å². The molecule has 0 amide bonds. The molecule has 5 heteroatoms. The van der Waals surface area contributed by atoms with Crippen LogP contribution in [0, 0.1) is 0 Å². The first-order valence-corrected chi connectivity index (χ1v) is 6.03. The zero-order valence-electron chi connectivity index (χ0n) is 10.4. The van der Waals surface area contributed by atoms with E-state index in [0.717, 1.165) is 31.2 Å². The van der Waals surface area contributed by atoms with Crippen LogP contribution in [0.1, 0.15) is 25.5 Å². The Morgan fingerprint density at radius 3 is 2.94 bits per heavy atom. The second-order valence-corrected chi connectivity index (χ2v) is 4.14. The molecule has 0 radical (unpaired) electrons. The first-order valence-electron chi connectivity index (χ1n) is 6.03. The van der Waals surface area contributed by atoms with Crippen LogP contribution in [0.5, 0.6) is 0 Å². The van der Waals surface area contributed by atoms with Gasteiger partial charge in [-0.3, -0.25) is 4.68 Å². The van der Waals surface area contributed by atoms with Gasteiger partial charge in [0.15, 0.2) is 0 Å². The number of rotatable bonds is 6. The molecule has 0 saturated carbocycles. The maximum absolute atomic E-state index is 4.36. The SMILES string of the molecule is CCCCNc1nccn1Cc1ccn(C)n1. The molecule has 2 aromatic heterocycles. The Bertz CT molecular complexity index is 457. The third-order valence-electron chi connectivity index (χ3n) is 2.63. The predicted molar refractivity (Wildman–Crippen MR) is 67.9 cm³/mol. The van der Waals surface area contributed by atoms with E-state index in [4.69, 9.17) is 0 Å². The zero-order valence-corrected chi connectivity index (χ0v) is 10.4. The van der Waals surface area contributed by atoms with Gasteiger partial charge in [0.1, 0.15) is 0 Å². The molecular formula is C12H19N5. The van der Waals surface area contributed by atoms with E-state index in [0.29, 0.717) is 0 Å². The van der Waals surface area contributed by atoms with Gasteiger partial charge in [-0.2, -0.15) is 5.10 Å². The summed E-state index contributed by atoms with van der Waals surface area (Å²) < 4.78 is 3.90. The summed E-state index contributed by atoms with van der Waals surface area (Å²) in [6, 6.07) is 2.02. The normalized spacial score (nSPS) is 10.7. The van der Waals surface area contributed by atoms with Gasteiger partial charge in [-0.25, -0.2) is 4.98 Å². The van der Waals surface area contributed by atoms with E-state index in [1.54, 1.807) is 0 Å². The molecule has 0 spiro atoms. The smallest absolute Gasteiger partial charge is 0.203 e. The minimum atomic E-state index is 0.759. The van der Waals surface area contributed by atoms with E-state index >= 15 is 0 Å². The summed E-state index contributed by atoms with van der Waals surface area (Å²) in [4.78, 5) is 4.31. The van der Waals surface area contributed by atoms with Gasteiger partial charge in [0.25, 0.3) is 0 Å². The van der Waals surface area contributed by atoms with Crippen molar-refractivity contribution in [1.82, 2.24) is 19.3 Å². The maximum atomic E-state index is 4.36. The zero-order chi connectivity index (χ0) is 12.1. The lowest BCUT2D eigenvalue weighted by Crippen LogP contribution is -2.09. The largest absolute Gasteiger partial charge is 0.356 e. The summed E-state index contributed by atoms with van der Waals surface area (Å²) in [5.41, 5.74) is 1.05. The van der Waals surface area contributed by atoms with Gasteiger partial charge >= 0.3 is 0 Å². The molecule has 0 saturated heterocycles. The Morgan fingerprint density at radius 2 is 2.24 bits per heavy atom. The van der Waals surface area contributed by atoms with Crippen molar-refractivity contribution >= 4 is 5.95 Å². The Labute approximate surface area is 101 Å². The molecule has 0 atom stereocenters. The average molecular weight is 233 g/mol. The summed E-state index contributed by atoms with van der Waals surface area (Å²) in [6.07, 6.45) is 8.10. The molecule has 0 fully saturated rings. The second kappa shape index (κ2) is 5.52. The highest BCUT2D eigenvalue weighted by Gasteiger charge is 2.04. The van der Waals surface area contributed by atoms with Gasteiger partial charge in [-0.1, -0.05) is 13.3 Å². The fourth-order valence-electron chi connectivity index (χ4n) is 1.70. The topological polar surface area (TPSA) is 47.7 Å². The lowest BCUT2D eigenvalue weighted by molar-refractivity contribution is 0.705. The molecule has 0 aliphatic rings. The molecular weight excluding hydrogens is 214 g/mol. The highest BCUT2D eigenvalue weighted by atomic mass is 15.3. The molecule has 1 N–H and O–H groups in total. The summed E-state index contributed by atoms with van der Waals surface area (Å²) in [5, 5.41) is 7.70. The van der Waals surface area contributed by atoms with E-state index in [-0.39, 0.29) is 0 Å². The van der Waals surface area contributed by atoms with Gasteiger partial charge in [0.2, 0.25) is 5.95 Å². The lowest BCUT2D eigenvalue weighted by Gasteiger charge is -2.07. The van der Waals surface area contributed by atoms with Crippen LogP contribution < -0.4 is 5.32 Å². The first-order chi connectivity index (χ1) is 8.29. The van der Waals surface area contributed by atoms with Crippen molar-refractivity contribution in [2.24, 2.45) is 7.05 Å². The van der Waals surface area contributed by atoms with Crippen molar-refractivity contribution in [2.45, 2.75) is 26.3 Å². The number of hydrogen-bond acceptors (Lipinski definition) is 3. The van der Waals surface area contributed by atoms with Crippen molar-refractivity contribution in [3.8, 4) is 0 Å². The quantitative estimate of drug-likeness (QED) is 0.775. The first kappa shape index (κ1) is 11.7. The number of nitrogens with zero attached hydrogens (tertiary/aromatic N) is 4. The number of hydrogen-bond donors (Lipinski definition) is 1. The minimum Gasteiger partial charge on any atom is -0.356 e. The number of imidazole rings is 1. The molecule has 2 heterocycles. The fraction of sp³-hybridized carbons (Fsp3) is 0.500. The van der Waals surface area contributed by atoms with Crippen molar-refractivity contribution < 1.29 is 0 Å². The highest BCUT2D eigenvalue weighted by Crippen LogP contribution is 2.08. The fourth-order valence-corrected chi connectivity index (χ4v) is 1.70. The van der Waals surface area contributed by atoms with Crippen LogP contribution in [0.2, 0.25) is 0 Å². The van der Waals surface area contributed by atoms with Crippen LogP contribution in [-0.4, -0.2) is 25.9 Å². The summed E-state index contributed by atoms with van der Waals surface area (Å²) in [5.74, 6) is 0.920. The van der Waals surface area contributed by atoms with Crippen molar-refractivity contribution in [3.05, 3.63) is 30.4 Å². The van der Waals surface area contributed by atoms with Crippen LogP contribution in [0.25, 0.3) is 0 Å². The summed E-state index contributed by atoms with van der Waals surface area (Å²) >= 11 is 0. The lowest BCUT2D eigenvalue weighted by atomic mass is 10.3. The Hall–Kier alpha value is -1.78. The Kier molecular flexibility index (Phi) is 3.80. The van der Waals surface area contributed by atoms with Gasteiger partial charge in [-0.05, 0) is 12.5 Å². The molecule has 2 rings (SSSR count). The van der Waals surface area contributed by atoms with Gasteiger partial charge < -0.3 is 9.88 Å². The van der Waals surface area contributed by atoms with Gasteiger partial charge in [0.05, 0.1) is 12.2 Å². The number of aryl methyl sites for hydroxylation is 1. The number of unbranched alkanes of at least 4 members (excludes halogenated alkanes) is 1. The van der Waals surface area contributed by atoms with Crippen LogP contribution in [0.3, 0.4) is 0 Å². The molecule has 5 nitrogen and oxygen atoms in total. The third-order valence-corrected chi connectivity index (χ3v) is 2.63. The monoisotopic (exact) mass is 233 g/mol. The molecule has 2 aromatic rings. The minimum absolute atomic E-state index is 0.759. The summed E-state index contributed by atoms with van der Waals surface area (Å²) in [6.45, 7) is 3.91. The maximum Gasteiger partial charge on any atom is 0.203 e. The third kappa shape index (κ3) is 3.09. The second-order valence-electron chi connectivity index (χ2n) is 4.14. The van der Waals surface area contributed by atoms with E-state index < -0.39 is 0 Å². The molecule has 0 bridgehead atoms. The van der Waals surface area contributed by atoms with Crippen LogP contribution in [0.15, 0.2) is 24.7 Å². The van der Waals surface area contributed by atoms with Gasteiger partial charge in [0, 0.05) is 32.2 Å². The summed E-state index contributed by atoms with van der Waals surface area (Å²) in [7, 11) is 1.93. The molecule has 0 aromatic carbocycles.